The van der Waals surface area contributed by atoms with Crippen LogP contribution in [-0.2, 0) is 10.0 Å². The van der Waals surface area contributed by atoms with Crippen molar-refractivity contribution in [3.05, 3.63) is 35.3 Å². The van der Waals surface area contributed by atoms with Crippen molar-refractivity contribution in [2.45, 2.75) is 11.8 Å². The summed E-state index contributed by atoms with van der Waals surface area (Å²) in [5.41, 5.74) is 0. The van der Waals surface area contributed by atoms with Gasteiger partial charge in [-0.3, -0.25) is 4.72 Å². The van der Waals surface area contributed by atoms with Crippen LogP contribution in [0.15, 0.2) is 40.2 Å². The number of rotatable bonds is 5. The zero-order chi connectivity index (χ0) is 14.6. The summed E-state index contributed by atoms with van der Waals surface area (Å²) < 4.78 is 27.3. The fraction of sp³-hybridized carbons (Fsp3) is 0.182. The van der Waals surface area contributed by atoms with Crippen molar-refractivity contribution in [2.75, 3.05) is 16.6 Å². The second-order valence-electron chi connectivity index (χ2n) is 3.74. The van der Waals surface area contributed by atoms with Gasteiger partial charge in [0.05, 0.1) is 17.3 Å². The number of anilines is 2. The fourth-order valence-corrected chi connectivity index (χ4v) is 2.63. The number of nitrogens with zero attached hydrogens (tertiary/aromatic N) is 3. The zero-order valence-corrected chi connectivity index (χ0v) is 12.9. The van der Waals surface area contributed by atoms with Crippen LogP contribution in [0.25, 0.3) is 0 Å². The molecule has 20 heavy (non-hydrogen) atoms. The number of halogens is 1. The van der Waals surface area contributed by atoms with E-state index in [1.165, 1.54) is 30.7 Å². The first-order valence-corrected chi connectivity index (χ1v) is 7.99. The van der Waals surface area contributed by atoms with E-state index in [1.54, 1.807) is 0 Å². The van der Waals surface area contributed by atoms with Gasteiger partial charge in [-0.2, -0.15) is 0 Å². The fourth-order valence-electron chi connectivity index (χ4n) is 1.42. The van der Waals surface area contributed by atoms with Crippen LogP contribution < -0.4 is 10.0 Å². The first kappa shape index (κ1) is 14.7. The molecule has 9 heteroatoms. The lowest BCUT2D eigenvalue weighted by atomic mass is 10.4. The molecule has 0 saturated carbocycles. The Balaban J connectivity index is 2.25. The van der Waals surface area contributed by atoms with Gasteiger partial charge in [0.25, 0.3) is 10.0 Å². The first-order chi connectivity index (χ1) is 9.51. The van der Waals surface area contributed by atoms with Gasteiger partial charge in [0.15, 0.2) is 5.82 Å². The molecule has 2 aromatic heterocycles. The summed E-state index contributed by atoms with van der Waals surface area (Å²) in [5.74, 6) is 0.646. The number of nitrogens with one attached hydrogen (secondary N) is 2. The van der Waals surface area contributed by atoms with Crippen LogP contribution in [0, 0.1) is 0 Å². The maximum atomic E-state index is 12.2. The van der Waals surface area contributed by atoms with Crippen LogP contribution in [0.2, 0.25) is 0 Å². The summed E-state index contributed by atoms with van der Waals surface area (Å²) in [6.07, 6.45) is 4.17. The van der Waals surface area contributed by atoms with Crippen molar-refractivity contribution in [3.63, 3.8) is 0 Å². The van der Waals surface area contributed by atoms with E-state index < -0.39 is 10.0 Å². The van der Waals surface area contributed by atoms with E-state index in [4.69, 9.17) is 0 Å². The van der Waals surface area contributed by atoms with Gasteiger partial charge >= 0.3 is 0 Å². The Morgan fingerprint density at radius 2 is 2.00 bits per heavy atom. The summed E-state index contributed by atoms with van der Waals surface area (Å²) in [4.78, 5) is 12.0. The Morgan fingerprint density at radius 1 is 1.20 bits per heavy atom. The lowest BCUT2D eigenvalue weighted by molar-refractivity contribution is 0.601. The molecule has 0 aliphatic rings. The number of aromatic nitrogens is 3. The predicted octanol–water partition coefficient (Wildman–Crippen LogP) is 1.87. The molecule has 0 aliphatic heterocycles. The molecular weight excluding hydrogens is 346 g/mol. The van der Waals surface area contributed by atoms with Crippen LogP contribution in [0.5, 0.6) is 0 Å². The minimum atomic E-state index is -3.71. The standard InChI is InChI=1S/C11H12BrN5O2S/c1-2-13-10-5-8(3-4-14-10)20(18,19)17-11-7-15-9(12)6-16-11/h3-7H,2H2,1H3,(H,13,14)(H,16,17). The summed E-state index contributed by atoms with van der Waals surface area (Å²) in [6, 6.07) is 2.87. The van der Waals surface area contributed by atoms with E-state index in [9.17, 15) is 8.42 Å². The highest BCUT2D eigenvalue weighted by molar-refractivity contribution is 9.10. The molecule has 2 aromatic rings. The highest BCUT2D eigenvalue weighted by atomic mass is 79.9. The minimum Gasteiger partial charge on any atom is -0.370 e. The Morgan fingerprint density at radius 3 is 2.65 bits per heavy atom. The lowest BCUT2D eigenvalue weighted by Gasteiger charge is -2.08. The molecule has 2 rings (SSSR count). The molecule has 106 valence electrons. The SMILES string of the molecule is CCNc1cc(S(=O)(=O)Nc2cnc(Br)cn2)ccn1. The summed E-state index contributed by atoms with van der Waals surface area (Å²) in [6.45, 7) is 2.56. The van der Waals surface area contributed by atoms with Gasteiger partial charge in [-0.1, -0.05) is 0 Å². The van der Waals surface area contributed by atoms with E-state index in [0.717, 1.165) is 0 Å². The Bertz CT molecular complexity index is 690. The molecular formula is C11H12BrN5O2S. The van der Waals surface area contributed by atoms with Crippen molar-refractivity contribution >= 4 is 37.6 Å². The van der Waals surface area contributed by atoms with Crippen molar-refractivity contribution in [2.24, 2.45) is 0 Å². The third-order valence-corrected chi connectivity index (χ3v) is 4.02. The normalized spacial score (nSPS) is 11.1. The maximum absolute atomic E-state index is 12.2. The summed E-state index contributed by atoms with van der Waals surface area (Å²) in [7, 11) is -3.71. The van der Waals surface area contributed by atoms with Crippen LogP contribution in [0.1, 0.15) is 6.92 Å². The van der Waals surface area contributed by atoms with Gasteiger partial charge in [-0.15, -0.1) is 0 Å². The van der Waals surface area contributed by atoms with Crippen molar-refractivity contribution in [1.82, 2.24) is 15.0 Å². The predicted molar refractivity (Wildman–Crippen MR) is 78.9 cm³/mol. The van der Waals surface area contributed by atoms with Crippen molar-refractivity contribution < 1.29 is 8.42 Å². The number of hydrogen-bond acceptors (Lipinski definition) is 6. The average Bonchev–Trinajstić information content (AvgIpc) is 2.42. The lowest BCUT2D eigenvalue weighted by Crippen LogP contribution is -2.14. The van der Waals surface area contributed by atoms with Crippen LogP contribution in [0.4, 0.5) is 11.6 Å². The molecule has 0 radical (unpaired) electrons. The molecule has 0 unspecified atom stereocenters. The zero-order valence-electron chi connectivity index (χ0n) is 10.5. The highest BCUT2D eigenvalue weighted by Crippen LogP contribution is 2.16. The molecule has 0 aromatic carbocycles. The van der Waals surface area contributed by atoms with E-state index in [1.807, 2.05) is 6.92 Å². The molecule has 2 N–H and O–H groups in total. The molecule has 0 atom stereocenters. The van der Waals surface area contributed by atoms with Gasteiger partial charge < -0.3 is 5.32 Å². The van der Waals surface area contributed by atoms with E-state index in [0.29, 0.717) is 17.0 Å². The number of pyridine rings is 1. The van der Waals surface area contributed by atoms with Gasteiger partial charge in [-0.25, -0.2) is 23.4 Å². The Kier molecular flexibility index (Phi) is 4.50. The number of hydrogen-bond donors (Lipinski definition) is 2. The third-order valence-electron chi connectivity index (χ3n) is 2.26. The van der Waals surface area contributed by atoms with Crippen molar-refractivity contribution in [3.8, 4) is 0 Å². The largest absolute Gasteiger partial charge is 0.370 e. The van der Waals surface area contributed by atoms with E-state index >= 15 is 0 Å². The molecule has 0 amide bonds. The van der Waals surface area contributed by atoms with Gasteiger partial charge in [0, 0.05) is 18.8 Å². The Labute approximate surface area is 125 Å². The minimum absolute atomic E-state index is 0.105. The third kappa shape index (κ3) is 3.64. The molecule has 0 aliphatic carbocycles. The van der Waals surface area contributed by atoms with Gasteiger partial charge in [0.1, 0.15) is 10.4 Å². The van der Waals surface area contributed by atoms with Crippen LogP contribution >= 0.6 is 15.9 Å². The quantitative estimate of drug-likeness (QED) is 0.847. The Hall–Kier alpha value is -1.74. The van der Waals surface area contributed by atoms with E-state index in [2.05, 4.69) is 40.9 Å². The van der Waals surface area contributed by atoms with Crippen LogP contribution in [0.3, 0.4) is 0 Å². The molecule has 0 saturated heterocycles. The molecule has 0 spiro atoms. The van der Waals surface area contributed by atoms with Crippen LogP contribution in [-0.4, -0.2) is 29.9 Å². The molecule has 0 fully saturated rings. The van der Waals surface area contributed by atoms with Gasteiger partial charge in [-0.05, 0) is 28.9 Å². The molecule has 2 heterocycles. The van der Waals surface area contributed by atoms with Crippen molar-refractivity contribution in [1.29, 1.82) is 0 Å². The number of sulfonamides is 1. The summed E-state index contributed by atoms with van der Waals surface area (Å²) in [5, 5.41) is 2.95. The molecule has 7 nitrogen and oxygen atoms in total. The second kappa shape index (κ2) is 6.14. The summed E-state index contributed by atoms with van der Waals surface area (Å²) >= 11 is 3.13. The average molecular weight is 358 g/mol. The smallest absolute Gasteiger partial charge is 0.263 e. The maximum Gasteiger partial charge on any atom is 0.263 e. The second-order valence-corrected chi connectivity index (χ2v) is 6.23. The topological polar surface area (TPSA) is 96.9 Å². The van der Waals surface area contributed by atoms with Gasteiger partial charge in [0.2, 0.25) is 0 Å². The highest BCUT2D eigenvalue weighted by Gasteiger charge is 2.15. The first-order valence-electron chi connectivity index (χ1n) is 5.71. The monoisotopic (exact) mass is 357 g/mol. The van der Waals surface area contributed by atoms with E-state index in [-0.39, 0.29) is 10.7 Å². The molecule has 0 bridgehead atoms.